The Kier molecular flexibility index (Phi) is 7.82. The predicted molar refractivity (Wildman–Crippen MR) is 132 cm³/mol. The summed E-state index contributed by atoms with van der Waals surface area (Å²) in [6, 6.07) is 15.5. The van der Waals surface area contributed by atoms with E-state index in [-0.39, 0.29) is 5.91 Å². The first kappa shape index (κ1) is 23.9. The number of likely N-dealkylation sites (tertiary alicyclic amines) is 1. The van der Waals surface area contributed by atoms with Crippen molar-refractivity contribution in [3.05, 3.63) is 65.0 Å². The Balaban J connectivity index is 1.48. The fourth-order valence-electron chi connectivity index (χ4n) is 5.40. The molecule has 0 aliphatic carbocycles. The maximum absolute atomic E-state index is 13.5. The highest BCUT2D eigenvalue weighted by Gasteiger charge is 2.40. The van der Waals surface area contributed by atoms with Crippen LogP contribution in [0.3, 0.4) is 0 Å². The zero-order valence-electron chi connectivity index (χ0n) is 20.5. The lowest BCUT2D eigenvalue weighted by atomic mass is 9.74. The summed E-state index contributed by atoms with van der Waals surface area (Å²) in [6.45, 7) is 10.6. The molecule has 1 aromatic heterocycles. The van der Waals surface area contributed by atoms with Crippen molar-refractivity contribution in [1.82, 2.24) is 15.2 Å². The molecule has 5 nitrogen and oxygen atoms in total. The molecule has 0 spiro atoms. The van der Waals surface area contributed by atoms with Gasteiger partial charge in [0.2, 0.25) is 5.91 Å². The first-order chi connectivity index (χ1) is 15.9. The number of nitrogens with zero attached hydrogens (tertiary/aromatic N) is 2. The zero-order chi connectivity index (χ0) is 23.3. The lowest BCUT2D eigenvalue weighted by Crippen LogP contribution is -2.46. The van der Waals surface area contributed by atoms with E-state index in [1.165, 1.54) is 30.5 Å². The molecule has 0 radical (unpaired) electrons. The van der Waals surface area contributed by atoms with Gasteiger partial charge in [-0.3, -0.25) is 9.78 Å². The molecule has 1 aromatic carbocycles. The van der Waals surface area contributed by atoms with E-state index < -0.39 is 5.41 Å². The highest BCUT2D eigenvalue weighted by atomic mass is 16.5. The fourth-order valence-corrected chi connectivity index (χ4v) is 5.40. The number of carbonyl (C=O) groups is 1. The van der Waals surface area contributed by atoms with Crippen LogP contribution in [0.15, 0.2) is 42.5 Å². The number of piperidine rings is 1. The lowest BCUT2D eigenvalue weighted by molar-refractivity contribution is -0.136. The molecule has 5 heteroatoms. The summed E-state index contributed by atoms with van der Waals surface area (Å²) in [6.07, 6.45) is 4.78. The number of amides is 1. The molecule has 4 rings (SSSR count). The molecule has 0 bridgehead atoms. The highest BCUT2D eigenvalue weighted by molar-refractivity contribution is 5.83. The van der Waals surface area contributed by atoms with E-state index in [0.29, 0.717) is 31.7 Å². The van der Waals surface area contributed by atoms with E-state index in [2.05, 4.69) is 53.3 Å². The third kappa shape index (κ3) is 6.01. The molecule has 2 fully saturated rings. The summed E-state index contributed by atoms with van der Waals surface area (Å²) in [4.78, 5) is 20.6. The molecule has 0 unspecified atom stereocenters. The van der Waals surface area contributed by atoms with Crippen molar-refractivity contribution in [1.29, 1.82) is 0 Å². The first-order valence-corrected chi connectivity index (χ1v) is 12.6. The largest absolute Gasteiger partial charge is 0.381 e. The number of benzene rings is 1. The Morgan fingerprint density at radius 1 is 1.21 bits per heavy atom. The minimum Gasteiger partial charge on any atom is -0.381 e. The molecule has 1 atom stereocenters. The smallest absolute Gasteiger partial charge is 0.227 e. The molecule has 3 heterocycles. The summed E-state index contributed by atoms with van der Waals surface area (Å²) in [5.41, 5.74) is 4.14. The quantitative estimate of drug-likeness (QED) is 0.669. The van der Waals surface area contributed by atoms with E-state index >= 15 is 0 Å². The van der Waals surface area contributed by atoms with Gasteiger partial charge in [-0.15, -0.1) is 0 Å². The van der Waals surface area contributed by atoms with Crippen LogP contribution in [0, 0.1) is 12.3 Å². The molecule has 2 saturated heterocycles. The van der Waals surface area contributed by atoms with Gasteiger partial charge in [0, 0.05) is 31.5 Å². The molecule has 33 heavy (non-hydrogen) atoms. The molecule has 0 saturated carbocycles. The Labute approximate surface area is 198 Å². The van der Waals surface area contributed by atoms with Gasteiger partial charge < -0.3 is 15.0 Å². The number of aromatic nitrogens is 1. The van der Waals surface area contributed by atoms with E-state index in [0.717, 1.165) is 37.2 Å². The first-order valence-electron chi connectivity index (χ1n) is 12.6. The lowest BCUT2D eigenvalue weighted by Gasteiger charge is -2.37. The number of carbonyl (C=O) groups excluding carboxylic acids is 1. The van der Waals surface area contributed by atoms with Gasteiger partial charge in [-0.25, -0.2) is 0 Å². The van der Waals surface area contributed by atoms with Crippen LogP contribution in [0.2, 0.25) is 0 Å². The van der Waals surface area contributed by atoms with Gasteiger partial charge in [-0.1, -0.05) is 30.3 Å². The van der Waals surface area contributed by atoms with Crippen molar-refractivity contribution in [2.24, 2.45) is 5.41 Å². The van der Waals surface area contributed by atoms with Crippen LogP contribution >= 0.6 is 0 Å². The Bertz CT molecular complexity index is 936. The molecular weight excluding hydrogens is 410 g/mol. The average molecular weight is 450 g/mol. The molecule has 1 N–H and O–H groups in total. The van der Waals surface area contributed by atoms with E-state index in [1.807, 2.05) is 25.1 Å². The van der Waals surface area contributed by atoms with Crippen LogP contribution in [-0.2, 0) is 22.5 Å². The van der Waals surface area contributed by atoms with Gasteiger partial charge >= 0.3 is 0 Å². The summed E-state index contributed by atoms with van der Waals surface area (Å²) in [5, 5.41) is 3.19. The van der Waals surface area contributed by atoms with E-state index in [4.69, 9.17) is 4.74 Å². The Morgan fingerprint density at radius 2 is 2.00 bits per heavy atom. The number of rotatable bonds is 7. The number of hydrogen-bond acceptors (Lipinski definition) is 4. The second kappa shape index (κ2) is 10.8. The van der Waals surface area contributed by atoms with Crippen molar-refractivity contribution in [3.8, 4) is 0 Å². The van der Waals surface area contributed by atoms with Gasteiger partial charge in [0.05, 0.1) is 17.7 Å². The topological polar surface area (TPSA) is 54.5 Å². The Morgan fingerprint density at radius 3 is 2.76 bits per heavy atom. The third-order valence-electron chi connectivity index (χ3n) is 7.46. The number of ether oxygens (including phenoxy) is 1. The van der Waals surface area contributed by atoms with Crippen molar-refractivity contribution in [2.45, 2.75) is 71.4 Å². The van der Waals surface area contributed by atoms with Crippen molar-refractivity contribution in [2.75, 3.05) is 26.3 Å². The van der Waals surface area contributed by atoms with Crippen LogP contribution in [0.25, 0.3) is 0 Å². The van der Waals surface area contributed by atoms with Crippen LogP contribution in [0.4, 0.5) is 0 Å². The number of pyridine rings is 1. The van der Waals surface area contributed by atoms with Gasteiger partial charge in [0.15, 0.2) is 0 Å². The molecular formula is C28H39N3O2. The monoisotopic (exact) mass is 449 g/mol. The maximum atomic E-state index is 13.5. The SMILES string of the molecule is Cc1cccc(CNC(=O)C2(Cc3cccc([C@@H]4CCCN(C(C)C)C4)c3)CCOCC2)n1. The van der Waals surface area contributed by atoms with Crippen molar-refractivity contribution < 1.29 is 9.53 Å². The Hall–Kier alpha value is -2.24. The fraction of sp³-hybridized carbons (Fsp3) is 0.571. The molecule has 2 aromatic rings. The van der Waals surface area contributed by atoms with E-state index in [9.17, 15) is 4.79 Å². The third-order valence-corrected chi connectivity index (χ3v) is 7.46. The summed E-state index contributed by atoms with van der Waals surface area (Å²) >= 11 is 0. The summed E-state index contributed by atoms with van der Waals surface area (Å²) in [5.74, 6) is 0.705. The zero-order valence-corrected chi connectivity index (χ0v) is 20.5. The number of aryl methyl sites for hydroxylation is 1. The van der Waals surface area contributed by atoms with Crippen LogP contribution in [-0.4, -0.2) is 48.1 Å². The highest BCUT2D eigenvalue weighted by Crippen LogP contribution is 2.36. The summed E-state index contributed by atoms with van der Waals surface area (Å²) < 4.78 is 5.65. The summed E-state index contributed by atoms with van der Waals surface area (Å²) in [7, 11) is 0. The van der Waals surface area contributed by atoms with Crippen LogP contribution in [0.1, 0.15) is 68.0 Å². The van der Waals surface area contributed by atoms with Gasteiger partial charge in [0.25, 0.3) is 0 Å². The van der Waals surface area contributed by atoms with Gasteiger partial charge in [0.1, 0.15) is 0 Å². The van der Waals surface area contributed by atoms with Crippen molar-refractivity contribution in [3.63, 3.8) is 0 Å². The maximum Gasteiger partial charge on any atom is 0.227 e. The predicted octanol–water partition coefficient (Wildman–Crippen LogP) is 4.63. The second-order valence-electron chi connectivity index (χ2n) is 10.2. The van der Waals surface area contributed by atoms with Crippen LogP contribution < -0.4 is 5.32 Å². The minimum atomic E-state index is -0.419. The average Bonchev–Trinajstić information content (AvgIpc) is 2.83. The van der Waals surface area contributed by atoms with Crippen LogP contribution in [0.5, 0.6) is 0 Å². The van der Waals surface area contributed by atoms with Gasteiger partial charge in [-0.05, 0) is 88.6 Å². The standard InChI is InChI=1S/C28H39N3O2/c1-21(2)31-14-6-10-25(20-31)24-9-5-8-23(17-24)18-28(12-15-33-16-13-28)27(32)29-19-26-11-4-7-22(3)30-26/h4-5,7-9,11,17,21,25H,6,10,12-16,18-20H2,1-3H3,(H,29,32)/t25-/m1/s1. The van der Waals surface area contributed by atoms with E-state index in [1.54, 1.807) is 0 Å². The molecule has 2 aliphatic rings. The van der Waals surface area contributed by atoms with Crippen molar-refractivity contribution >= 4 is 5.91 Å². The molecule has 1 amide bonds. The molecule has 2 aliphatic heterocycles. The minimum absolute atomic E-state index is 0.128. The number of hydrogen-bond donors (Lipinski definition) is 1. The van der Waals surface area contributed by atoms with Gasteiger partial charge in [-0.2, -0.15) is 0 Å². The molecule has 178 valence electrons. The number of nitrogens with one attached hydrogen (secondary N) is 1. The second-order valence-corrected chi connectivity index (χ2v) is 10.2. The normalized spacial score (nSPS) is 21.2.